The van der Waals surface area contributed by atoms with Crippen molar-refractivity contribution < 1.29 is 14.6 Å². The van der Waals surface area contributed by atoms with Crippen LogP contribution in [0.4, 0.5) is 0 Å². The van der Waals surface area contributed by atoms with Gasteiger partial charge in [0.15, 0.2) is 5.75 Å². The Morgan fingerprint density at radius 1 is 1.36 bits per heavy atom. The molecule has 2 heterocycles. The molecule has 7 nitrogen and oxygen atoms in total. The molecule has 3 rings (SSSR count). The third kappa shape index (κ3) is 4.50. The zero-order valence-electron chi connectivity index (χ0n) is 14.2. The van der Waals surface area contributed by atoms with Crippen LogP contribution >= 0.6 is 0 Å². The number of rotatable bonds is 7. The molecular formula is C18H22N4O3. The van der Waals surface area contributed by atoms with E-state index in [1.54, 1.807) is 29.1 Å². The van der Waals surface area contributed by atoms with Crippen LogP contribution in [0.3, 0.4) is 0 Å². The van der Waals surface area contributed by atoms with Gasteiger partial charge in [0.2, 0.25) is 0 Å². The number of aryl methyl sites for hydroxylation is 1. The van der Waals surface area contributed by atoms with Crippen LogP contribution in [0.2, 0.25) is 0 Å². The second-order valence-electron chi connectivity index (χ2n) is 6.00. The minimum Gasteiger partial charge on any atom is -0.492 e. The average Bonchev–Trinajstić information content (AvgIpc) is 3.22. The van der Waals surface area contributed by atoms with Crippen molar-refractivity contribution in [1.82, 2.24) is 14.7 Å². The SMILES string of the molecule is CCn1cc(O[C@@H]2CN(CCOc3cccc(C#N)c3)C[C@H]2O)cn1. The van der Waals surface area contributed by atoms with Gasteiger partial charge >= 0.3 is 0 Å². The molecule has 1 aromatic heterocycles. The average molecular weight is 342 g/mol. The molecule has 7 heteroatoms. The van der Waals surface area contributed by atoms with Gasteiger partial charge in [-0.05, 0) is 25.1 Å². The monoisotopic (exact) mass is 342 g/mol. The fourth-order valence-corrected chi connectivity index (χ4v) is 2.83. The molecule has 0 radical (unpaired) electrons. The first kappa shape index (κ1) is 17.3. The van der Waals surface area contributed by atoms with Gasteiger partial charge in [-0.25, -0.2) is 0 Å². The van der Waals surface area contributed by atoms with E-state index in [-0.39, 0.29) is 6.10 Å². The Morgan fingerprint density at radius 2 is 2.24 bits per heavy atom. The van der Waals surface area contributed by atoms with Crippen molar-refractivity contribution in [1.29, 1.82) is 5.26 Å². The summed E-state index contributed by atoms with van der Waals surface area (Å²) in [4.78, 5) is 2.10. The van der Waals surface area contributed by atoms with Crippen LogP contribution in [0.5, 0.6) is 11.5 Å². The number of β-amino-alcohol motifs (C(OH)–C–C–N with tert-alkyl or cyclic N) is 1. The number of ether oxygens (including phenoxy) is 2. The Labute approximate surface area is 147 Å². The molecule has 1 saturated heterocycles. The highest BCUT2D eigenvalue weighted by Crippen LogP contribution is 2.19. The maximum Gasteiger partial charge on any atom is 0.157 e. The first-order chi connectivity index (χ1) is 12.2. The van der Waals surface area contributed by atoms with Crippen LogP contribution < -0.4 is 9.47 Å². The van der Waals surface area contributed by atoms with Crippen LogP contribution in [-0.2, 0) is 6.54 Å². The maximum absolute atomic E-state index is 10.2. The first-order valence-electron chi connectivity index (χ1n) is 8.40. The van der Waals surface area contributed by atoms with Crippen molar-refractivity contribution in [2.45, 2.75) is 25.7 Å². The van der Waals surface area contributed by atoms with Gasteiger partial charge in [-0.3, -0.25) is 9.58 Å². The molecule has 2 atom stereocenters. The number of aliphatic hydroxyl groups excluding tert-OH is 1. The van der Waals surface area contributed by atoms with E-state index in [0.717, 1.165) is 6.54 Å². The van der Waals surface area contributed by atoms with E-state index in [4.69, 9.17) is 14.7 Å². The fraction of sp³-hybridized carbons (Fsp3) is 0.444. The topological polar surface area (TPSA) is 83.5 Å². The third-order valence-corrected chi connectivity index (χ3v) is 4.17. The smallest absolute Gasteiger partial charge is 0.157 e. The molecule has 1 N–H and O–H groups in total. The van der Waals surface area contributed by atoms with Crippen molar-refractivity contribution in [3.63, 3.8) is 0 Å². The van der Waals surface area contributed by atoms with Crippen LogP contribution in [0.25, 0.3) is 0 Å². The Balaban J connectivity index is 1.45. The van der Waals surface area contributed by atoms with Crippen LogP contribution in [0, 0.1) is 11.3 Å². The number of benzene rings is 1. The summed E-state index contributed by atoms with van der Waals surface area (Å²) in [7, 11) is 0. The third-order valence-electron chi connectivity index (χ3n) is 4.17. The molecule has 2 aromatic rings. The molecule has 0 spiro atoms. The summed E-state index contributed by atoms with van der Waals surface area (Å²) in [6.45, 7) is 5.15. The molecular weight excluding hydrogens is 320 g/mol. The normalized spacial score (nSPS) is 20.4. The summed E-state index contributed by atoms with van der Waals surface area (Å²) < 4.78 is 13.3. The summed E-state index contributed by atoms with van der Waals surface area (Å²) in [5, 5.41) is 23.3. The fourth-order valence-electron chi connectivity index (χ4n) is 2.83. The Hall–Kier alpha value is -2.56. The molecule has 1 aliphatic rings. The highest BCUT2D eigenvalue weighted by atomic mass is 16.5. The molecule has 132 valence electrons. The summed E-state index contributed by atoms with van der Waals surface area (Å²) in [5.74, 6) is 1.36. The van der Waals surface area contributed by atoms with Crippen molar-refractivity contribution in [2.75, 3.05) is 26.2 Å². The first-order valence-corrected chi connectivity index (χ1v) is 8.40. The largest absolute Gasteiger partial charge is 0.492 e. The minimum atomic E-state index is -0.535. The van der Waals surface area contributed by atoms with Crippen molar-refractivity contribution in [3.8, 4) is 17.6 Å². The van der Waals surface area contributed by atoms with E-state index >= 15 is 0 Å². The highest BCUT2D eigenvalue weighted by Gasteiger charge is 2.33. The number of likely N-dealkylation sites (tertiary alicyclic amines) is 1. The van der Waals surface area contributed by atoms with Crippen molar-refractivity contribution in [2.24, 2.45) is 0 Å². The molecule has 0 unspecified atom stereocenters. The van der Waals surface area contributed by atoms with Gasteiger partial charge in [-0.15, -0.1) is 0 Å². The lowest BCUT2D eigenvalue weighted by Crippen LogP contribution is -2.30. The van der Waals surface area contributed by atoms with E-state index in [9.17, 15) is 5.11 Å². The second kappa shape index (κ2) is 8.01. The molecule has 0 bridgehead atoms. The van der Waals surface area contributed by atoms with E-state index in [2.05, 4.69) is 16.1 Å². The van der Waals surface area contributed by atoms with E-state index in [1.165, 1.54) is 0 Å². The highest BCUT2D eigenvalue weighted by molar-refractivity contribution is 5.36. The summed E-state index contributed by atoms with van der Waals surface area (Å²) in [6.07, 6.45) is 2.70. The number of hydrogen-bond acceptors (Lipinski definition) is 6. The summed E-state index contributed by atoms with van der Waals surface area (Å²) in [5.41, 5.74) is 0.579. The molecule has 1 fully saturated rings. The zero-order valence-corrected chi connectivity index (χ0v) is 14.2. The van der Waals surface area contributed by atoms with Crippen LogP contribution in [0.1, 0.15) is 12.5 Å². The molecule has 1 aliphatic heterocycles. The molecule has 0 saturated carbocycles. The molecule has 25 heavy (non-hydrogen) atoms. The Bertz CT molecular complexity index is 740. The Morgan fingerprint density at radius 3 is 3.00 bits per heavy atom. The van der Waals surface area contributed by atoms with E-state index in [1.807, 2.05) is 19.2 Å². The van der Waals surface area contributed by atoms with Gasteiger partial charge in [0.25, 0.3) is 0 Å². The summed E-state index contributed by atoms with van der Waals surface area (Å²) >= 11 is 0. The lowest BCUT2D eigenvalue weighted by Gasteiger charge is -2.16. The van der Waals surface area contributed by atoms with Gasteiger partial charge in [0.05, 0.1) is 24.0 Å². The van der Waals surface area contributed by atoms with Gasteiger partial charge < -0.3 is 14.6 Å². The van der Waals surface area contributed by atoms with Gasteiger partial charge in [-0.2, -0.15) is 10.4 Å². The van der Waals surface area contributed by atoms with E-state index < -0.39 is 6.10 Å². The lowest BCUT2D eigenvalue weighted by atomic mass is 10.2. The van der Waals surface area contributed by atoms with Crippen molar-refractivity contribution >= 4 is 0 Å². The molecule has 0 aliphatic carbocycles. The number of hydrogen-bond donors (Lipinski definition) is 1. The standard InChI is InChI=1S/C18H22N4O3/c1-2-22-11-16(10-20-22)25-18-13-21(12-17(18)23)6-7-24-15-5-3-4-14(8-15)9-19/h3-5,8,10-11,17-18,23H,2,6-7,12-13H2,1H3/t17-,18-/m1/s1. The van der Waals surface area contributed by atoms with Crippen molar-refractivity contribution in [3.05, 3.63) is 42.2 Å². The zero-order chi connectivity index (χ0) is 17.6. The van der Waals surface area contributed by atoms with Gasteiger partial charge in [0, 0.05) is 26.2 Å². The number of nitriles is 1. The van der Waals surface area contributed by atoms with Gasteiger partial charge in [0.1, 0.15) is 24.6 Å². The maximum atomic E-state index is 10.2. The predicted octanol–water partition coefficient (Wildman–Crippen LogP) is 1.28. The molecule has 0 amide bonds. The summed E-state index contributed by atoms with van der Waals surface area (Å²) in [6, 6.07) is 9.18. The lowest BCUT2D eigenvalue weighted by molar-refractivity contribution is 0.0736. The number of aliphatic hydroxyl groups is 1. The molecule has 1 aromatic carbocycles. The Kier molecular flexibility index (Phi) is 5.53. The minimum absolute atomic E-state index is 0.267. The van der Waals surface area contributed by atoms with Crippen LogP contribution in [-0.4, -0.2) is 58.2 Å². The number of aromatic nitrogens is 2. The quantitative estimate of drug-likeness (QED) is 0.816. The number of nitrogens with zero attached hydrogens (tertiary/aromatic N) is 4. The predicted molar refractivity (Wildman–Crippen MR) is 91.4 cm³/mol. The second-order valence-corrected chi connectivity index (χ2v) is 6.00. The van der Waals surface area contributed by atoms with Crippen LogP contribution in [0.15, 0.2) is 36.7 Å². The van der Waals surface area contributed by atoms with Gasteiger partial charge in [-0.1, -0.05) is 6.07 Å². The van der Waals surface area contributed by atoms with E-state index in [0.29, 0.717) is 43.3 Å².